The van der Waals surface area contributed by atoms with Crippen molar-refractivity contribution >= 4 is 11.9 Å². The van der Waals surface area contributed by atoms with Gasteiger partial charge in [-0.1, -0.05) is 30.3 Å². The number of hydrogen-bond acceptors (Lipinski definition) is 4. The molecule has 0 bridgehead atoms. The molecule has 0 radical (unpaired) electrons. The zero-order valence-electron chi connectivity index (χ0n) is 10.5. The fourth-order valence-electron chi connectivity index (χ4n) is 1.54. The molecule has 0 atom stereocenters. The van der Waals surface area contributed by atoms with Gasteiger partial charge in [0, 0.05) is 12.7 Å². The predicted octanol–water partition coefficient (Wildman–Crippen LogP) is 2.18. The van der Waals surface area contributed by atoms with Crippen LogP contribution in [0, 0.1) is 0 Å². The molecule has 0 fully saturated rings. The lowest BCUT2D eigenvalue weighted by Gasteiger charge is -2.03. The Kier molecular flexibility index (Phi) is 4.06. The average Bonchev–Trinajstić information content (AvgIpc) is 2.87. The van der Waals surface area contributed by atoms with Crippen LogP contribution in [0.25, 0.3) is 0 Å². The summed E-state index contributed by atoms with van der Waals surface area (Å²) in [6.45, 7) is 0.383. The van der Waals surface area contributed by atoms with E-state index >= 15 is 0 Å². The highest BCUT2D eigenvalue weighted by molar-refractivity contribution is 5.96. The van der Waals surface area contributed by atoms with Crippen molar-refractivity contribution in [1.29, 1.82) is 0 Å². The van der Waals surface area contributed by atoms with E-state index in [1.165, 1.54) is 17.1 Å². The van der Waals surface area contributed by atoms with Gasteiger partial charge in [0.2, 0.25) is 0 Å². The molecule has 2 aromatic rings. The van der Waals surface area contributed by atoms with Crippen molar-refractivity contribution in [2.24, 2.45) is 0 Å². The van der Waals surface area contributed by atoms with E-state index < -0.39 is 18.1 Å². The van der Waals surface area contributed by atoms with Gasteiger partial charge in [-0.25, -0.2) is 14.6 Å². The maximum absolute atomic E-state index is 12.0. The Morgan fingerprint density at radius 2 is 1.86 bits per heavy atom. The normalized spacial score (nSPS) is 11.2. The number of rotatable bonds is 3. The van der Waals surface area contributed by atoms with Gasteiger partial charge in [0.05, 0.1) is 6.33 Å². The fraction of sp³-hybridized carbons (Fsp3) is 0.154. The monoisotopic (exact) mass is 298 g/mol. The molecule has 5 nitrogen and oxygen atoms in total. The molecule has 0 saturated carbocycles. The number of ether oxygens (including phenoxy) is 1. The fourth-order valence-corrected chi connectivity index (χ4v) is 1.54. The smallest absolute Gasteiger partial charge is 0.381 e. The first kappa shape index (κ1) is 14.8. The number of carbonyl (C=O) groups excluding carboxylic acids is 2. The van der Waals surface area contributed by atoms with Crippen molar-refractivity contribution in [2.75, 3.05) is 0 Å². The second kappa shape index (κ2) is 5.78. The first-order valence-corrected chi connectivity index (χ1v) is 5.75. The van der Waals surface area contributed by atoms with Crippen LogP contribution < -0.4 is 0 Å². The number of alkyl halides is 3. The molecule has 8 heteroatoms. The SMILES string of the molecule is O=C(OC(=O)C(F)(F)F)c1cn(Cc2ccccc2)cn1. The third kappa shape index (κ3) is 3.91. The quantitative estimate of drug-likeness (QED) is 0.643. The van der Waals surface area contributed by atoms with Gasteiger partial charge in [-0.15, -0.1) is 0 Å². The molecule has 110 valence electrons. The highest BCUT2D eigenvalue weighted by Crippen LogP contribution is 2.17. The minimum atomic E-state index is -5.22. The molecule has 0 amide bonds. The first-order chi connectivity index (χ1) is 9.86. The highest BCUT2D eigenvalue weighted by atomic mass is 19.4. The number of aromatic nitrogens is 2. The minimum Gasteiger partial charge on any atom is -0.381 e. The zero-order valence-corrected chi connectivity index (χ0v) is 10.5. The van der Waals surface area contributed by atoms with Crippen LogP contribution in [0.1, 0.15) is 16.1 Å². The summed E-state index contributed by atoms with van der Waals surface area (Å²) >= 11 is 0. The Morgan fingerprint density at radius 1 is 1.19 bits per heavy atom. The second-order valence-electron chi connectivity index (χ2n) is 4.09. The maximum atomic E-state index is 12.0. The van der Waals surface area contributed by atoms with Gasteiger partial charge in [0.25, 0.3) is 0 Å². The molecule has 1 heterocycles. The molecule has 0 N–H and O–H groups in total. The number of esters is 2. The van der Waals surface area contributed by atoms with Gasteiger partial charge >= 0.3 is 18.1 Å². The molecule has 2 rings (SSSR count). The van der Waals surface area contributed by atoms with Gasteiger partial charge < -0.3 is 9.30 Å². The summed E-state index contributed by atoms with van der Waals surface area (Å²) in [6, 6.07) is 9.16. The van der Waals surface area contributed by atoms with Gasteiger partial charge in [-0.2, -0.15) is 13.2 Å². The molecular weight excluding hydrogens is 289 g/mol. The molecule has 0 aliphatic heterocycles. The average molecular weight is 298 g/mol. The Hall–Kier alpha value is -2.64. The van der Waals surface area contributed by atoms with Gasteiger partial charge in [-0.05, 0) is 5.56 Å². The van der Waals surface area contributed by atoms with Gasteiger partial charge in [-0.3, -0.25) is 0 Å². The standard InChI is InChI=1S/C13H9F3N2O3/c14-13(15,16)12(20)21-11(19)10-7-18(8-17-10)6-9-4-2-1-3-5-9/h1-5,7-8H,6H2. The van der Waals surface area contributed by atoms with Crippen LogP contribution in [0.15, 0.2) is 42.9 Å². The van der Waals surface area contributed by atoms with Crippen molar-refractivity contribution in [2.45, 2.75) is 12.7 Å². The Morgan fingerprint density at radius 3 is 2.48 bits per heavy atom. The number of imidazole rings is 1. The van der Waals surface area contributed by atoms with E-state index in [0.29, 0.717) is 6.54 Å². The first-order valence-electron chi connectivity index (χ1n) is 5.75. The number of carbonyl (C=O) groups is 2. The van der Waals surface area contributed by atoms with Gasteiger partial charge in [0.1, 0.15) is 0 Å². The van der Waals surface area contributed by atoms with Crippen LogP contribution in [0.3, 0.4) is 0 Å². The maximum Gasteiger partial charge on any atom is 0.491 e. The van der Waals surface area contributed by atoms with E-state index in [1.807, 2.05) is 30.3 Å². The summed E-state index contributed by atoms with van der Waals surface area (Å²) < 4.78 is 41.1. The number of halogens is 3. The highest BCUT2D eigenvalue weighted by Gasteiger charge is 2.42. The second-order valence-corrected chi connectivity index (χ2v) is 4.09. The molecule has 0 aliphatic carbocycles. The van der Waals surface area contributed by atoms with Crippen LogP contribution in [-0.4, -0.2) is 27.7 Å². The van der Waals surface area contributed by atoms with E-state index in [-0.39, 0.29) is 5.69 Å². The van der Waals surface area contributed by atoms with E-state index in [0.717, 1.165) is 5.56 Å². The van der Waals surface area contributed by atoms with Crippen molar-refractivity contribution in [3.8, 4) is 0 Å². The lowest BCUT2D eigenvalue weighted by molar-refractivity contribution is -0.193. The van der Waals surface area contributed by atoms with Crippen LogP contribution in [0.2, 0.25) is 0 Å². The largest absolute Gasteiger partial charge is 0.491 e. The molecule has 1 aromatic heterocycles. The van der Waals surface area contributed by atoms with Crippen molar-refractivity contribution in [3.63, 3.8) is 0 Å². The summed E-state index contributed by atoms with van der Waals surface area (Å²) in [5.74, 6) is -4.01. The molecule has 0 aliphatic rings. The third-order valence-electron chi connectivity index (χ3n) is 2.47. The Labute approximate surface area is 117 Å². The molecule has 0 saturated heterocycles. The Bertz CT molecular complexity index is 650. The van der Waals surface area contributed by atoms with Crippen LogP contribution >= 0.6 is 0 Å². The molecule has 21 heavy (non-hydrogen) atoms. The molecular formula is C13H9F3N2O3. The van der Waals surface area contributed by atoms with E-state index in [9.17, 15) is 22.8 Å². The predicted molar refractivity (Wildman–Crippen MR) is 64.2 cm³/mol. The van der Waals surface area contributed by atoms with Crippen molar-refractivity contribution < 1.29 is 27.5 Å². The summed E-state index contributed by atoms with van der Waals surface area (Å²) in [6.07, 6.45) is -2.75. The van der Waals surface area contributed by atoms with E-state index in [2.05, 4.69) is 9.72 Å². The number of benzene rings is 1. The summed E-state index contributed by atoms with van der Waals surface area (Å²) in [7, 11) is 0. The van der Waals surface area contributed by atoms with Crippen LogP contribution in [0.5, 0.6) is 0 Å². The lowest BCUT2D eigenvalue weighted by atomic mass is 10.2. The summed E-state index contributed by atoms with van der Waals surface area (Å²) in [4.78, 5) is 25.5. The summed E-state index contributed by atoms with van der Waals surface area (Å²) in [5.41, 5.74) is 0.546. The Balaban J connectivity index is 2.03. The zero-order chi connectivity index (χ0) is 15.5. The van der Waals surface area contributed by atoms with Crippen molar-refractivity contribution in [1.82, 2.24) is 9.55 Å². The minimum absolute atomic E-state index is 0.372. The van der Waals surface area contributed by atoms with E-state index in [4.69, 9.17) is 0 Å². The van der Waals surface area contributed by atoms with E-state index in [1.54, 1.807) is 0 Å². The topological polar surface area (TPSA) is 61.2 Å². The number of hydrogen-bond donors (Lipinski definition) is 0. The molecule has 1 aromatic carbocycles. The van der Waals surface area contributed by atoms with Crippen molar-refractivity contribution in [3.05, 3.63) is 54.1 Å². The lowest BCUT2D eigenvalue weighted by Crippen LogP contribution is -2.28. The van der Waals surface area contributed by atoms with Crippen LogP contribution in [-0.2, 0) is 16.1 Å². The van der Waals surface area contributed by atoms with Gasteiger partial charge in [0.15, 0.2) is 5.69 Å². The number of nitrogens with zero attached hydrogens (tertiary/aromatic N) is 2. The molecule has 0 unspecified atom stereocenters. The molecule has 0 spiro atoms. The summed E-state index contributed by atoms with van der Waals surface area (Å²) in [5, 5.41) is 0. The van der Waals surface area contributed by atoms with Crippen LogP contribution in [0.4, 0.5) is 13.2 Å². The third-order valence-corrected chi connectivity index (χ3v) is 2.47.